The van der Waals surface area contributed by atoms with Gasteiger partial charge in [0.25, 0.3) is 5.91 Å². The Labute approximate surface area is 160 Å². The zero-order valence-electron chi connectivity index (χ0n) is 15.3. The number of hydrogen-bond acceptors (Lipinski definition) is 3. The van der Waals surface area contributed by atoms with Crippen molar-refractivity contribution in [3.8, 4) is 0 Å². The van der Waals surface area contributed by atoms with Gasteiger partial charge in [-0.3, -0.25) is 9.59 Å². The van der Waals surface area contributed by atoms with Crippen LogP contribution in [-0.2, 0) is 4.79 Å². The maximum absolute atomic E-state index is 12.9. The minimum Gasteiger partial charge on any atom is -0.352 e. The minimum absolute atomic E-state index is 0.0272. The molecule has 2 saturated carbocycles. The van der Waals surface area contributed by atoms with Crippen LogP contribution >= 0.6 is 11.6 Å². The molecular weight excluding hydrogens is 350 g/mol. The second-order valence-electron chi connectivity index (χ2n) is 7.63. The molecule has 0 aliphatic heterocycles. The van der Waals surface area contributed by atoms with E-state index in [0.717, 1.165) is 32.1 Å². The van der Waals surface area contributed by atoms with Crippen LogP contribution in [0, 0.1) is 17.8 Å². The van der Waals surface area contributed by atoms with Crippen LogP contribution in [0.15, 0.2) is 18.2 Å². The van der Waals surface area contributed by atoms with Crippen molar-refractivity contribution in [1.82, 2.24) is 5.32 Å². The molecule has 1 aromatic rings. The lowest BCUT2D eigenvalue weighted by Gasteiger charge is -2.43. The van der Waals surface area contributed by atoms with Crippen LogP contribution in [0.5, 0.6) is 0 Å². The van der Waals surface area contributed by atoms with Gasteiger partial charge in [-0.05, 0) is 62.1 Å². The van der Waals surface area contributed by atoms with E-state index in [9.17, 15) is 9.59 Å². The molecule has 6 heteroatoms. The number of nitrogens with two attached hydrogens (primary N) is 1. The molecule has 5 nitrogen and oxygen atoms in total. The number of anilines is 1. The fraction of sp³-hybridized carbons (Fsp3) is 0.600. The number of carbonyl (C=O) groups is 2. The maximum Gasteiger partial charge on any atom is 0.253 e. The van der Waals surface area contributed by atoms with Crippen LogP contribution in [0.1, 0.15) is 55.8 Å². The smallest absolute Gasteiger partial charge is 0.253 e. The number of nitrogens with one attached hydrogen (secondary N) is 2. The van der Waals surface area contributed by atoms with Crippen LogP contribution < -0.4 is 16.4 Å². The van der Waals surface area contributed by atoms with Crippen molar-refractivity contribution in [1.29, 1.82) is 0 Å². The molecule has 26 heavy (non-hydrogen) atoms. The van der Waals surface area contributed by atoms with Gasteiger partial charge in [0.15, 0.2) is 0 Å². The van der Waals surface area contributed by atoms with Gasteiger partial charge in [-0.15, -0.1) is 0 Å². The molecule has 2 amide bonds. The summed E-state index contributed by atoms with van der Waals surface area (Å²) in [6, 6.07) is 5.21. The predicted octanol–water partition coefficient (Wildman–Crippen LogP) is 3.57. The first-order valence-corrected chi connectivity index (χ1v) is 10.0. The van der Waals surface area contributed by atoms with Gasteiger partial charge >= 0.3 is 0 Å². The standard InChI is InChI=1S/C20H28ClN3O2/c1-2-8-23-20(26)16-7-6-15(21)11-17(16)24-19(25)14-9-12-4-3-5-13(10-14)18(12)22/h6-7,11-14,18H,2-5,8-10,22H2,1H3,(H,23,26)(H,24,25). The van der Waals surface area contributed by atoms with E-state index < -0.39 is 0 Å². The lowest BCUT2D eigenvalue weighted by molar-refractivity contribution is -0.122. The SMILES string of the molecule is CCCNC(=O)c1ccc(Cl)cc1NC(=O)C1CC2CCCC(C1)C2N. The van der Waals surface area contributed by atoms with Gasteiger partial charge in [0.05, 0.1) is 11.3 Å². The van der Waals surface area contributed by atoms with Crippen molar-refractivity contribution in [2.24, 2.45) is 23.5 Å². The molecule has 3 rings (SSSR count). The highest BCUT2D eigenvalue weighted by Gasteiger charge is 2.40. The number of benzene rings is 1. The zero-order chi connectivity index (χ0) is 18.7. The lowest BCUT2D eigenvalue weighted by atomic mass is 9.65. The molecule has 0 spiro atoms. The lowest BCUT2D eigenvalue weighted by Crippen LogP contribution is -2.48. The summed E-state index contributed by atoms with van der Waals surface area (Å²) in [6.07, 6.45) is 5.97. The summed E-state index contributed by atoms with van der Waals surface area (Å²) in [5.41, 5.74) is 7.26. The van der Waals surface area contributed by atoms with Gasteiger partial charge in [-0.2, -0.15) is 0 Å². The third-order valence-corrected chi connectivity index (χ3v) is 6.04. The zero-order valence-corrected chi connectivity index (χ0v) is 16.0. The van der Waals surface area contributed by atoms with E-state index in [1.54, 1.807) is 18.2 Å². The summed E-state index contributed by atoms with van der Waals surface area (Å²) >= 11 is 6.09. The third kappa shape index (κ3) is 4.21. The van der Waals surface area contributed by atoms with Crippen LogP contribution in [0.3, 0.4) is 0 Å². The van der Waals surface area contributed by atoms with E-state index >= 15 is 0 Å². The first-order valence-electron chi connectivity index (χ1n) is 9.63. The topological polar surface area (TPSA) is 84.2 Å². The van der Waals surface area contributed by atoms with E-state index in [4.69, 9.17) is 17.3 Å². The van der Waals surface area contributed by atoms with E-state index in [0.29, 0.717) is 34.7 Å². The van der Waals surface area contributed by atoms with Crippen molar-refractivity contribution in [2.75, 3.05) is 11.9 Å². The van der Waals surface area contributed by atoms with Crippen molar-refractivity contribution in [3.05, 3.63) is 28.8 Å². The highest BCUT2D eigenvalue weighted by molar-refractivity contribution is 6.31. The third-order valence-electron chi connectivity index (χ3n) is 5.80. The molecule has 1 aromatic carbocycles. The minimum atomic E-state index is -0.193. The Bertz CT molecular complexity index is 665. The fourth-order valence-corrected chi connectivity index (χ4v) is 4.56. The Morgan fingerprint density at radius 1 is 1.23 bits per heavy atom. The molecule has 2 unspecified atom stereocenters. The summed E-state index contributed by atoms with van der Waals surface area (Å²) in [6.45, 7) is 2.59. The van der Waals surface area contributed by atoms with E-state index in [2.05, 4.69) is 10.6 Å². The number of rotatable bonds is 5. The van der Waals surface area contributed by atoms with E-state index in [-0.39, 0.29) is 23.8 Å². The van der Waals surface area contributed by atoms with Crippen molar-refractivity contribution < 1.29 is 9.59 Å². The number of carbonyl (C=O) groups excluding carboxylic acids is 2. The quantitative estimate of drug-likeness (QED) is 0.733. The Hall–Kier alpha value is -1.59. The van der Waals surface area contributed by atoms with Crippen molar-refractivity contribution in [3.63, 3.8) is 0 Å². The van der Waals surface area contributed by atoms with Crippen LogP contribution in [0.2, 0.25) is 5.02 Å². The summed E-state index contributed by atoms with van der Waals surface area (Å²) in [4.78, 5) is 25.3. The van der Waals surface area contributed by atoms with Gasteiger partial charge in [0, 0.05) is 23.5 Å². The number of hydrogen-bond donors (Lipinski definition) is 3. The summed E-state index contributed by atoms with van der Waals surface area (Å²) in [7, 11) is 0. The normalized spacial score (nSPS) is 27.7. The van der Waals surface area contributed by atoms with Crippen LogP contribution in [0.4, 0.5) is 5.69 Å². The first kappa shape index (κ1) is 19.2. The molecular formula is C20H28ClN3O2. The molecule has 0 heterocycles. The molecule has 142 valence electrons. The van der Waals surface area contributed by atoms with E-state index in [1.807, 2.05) is 6.92 Å². The molecule has 2 fully saturated rings. The Kier molecular flexibility index (Phi) is 6.20. The number of amides is 2. The fourth-order valence-electron chi connectivity index (χ4n) is 4.39. The first-order chi connectivity index (χ1) is 12.5. The molecule has 0 aromatic heterocycles. The second-order valence-corrected chi connectivity index (χ2v) is 8.07. The Balaban J connectivity index is 1.73. The molecule has 0 saturated heterocycles. The molecule has 2 aliphatic carbocycles. The maximum atomic E-state index is 12.9. The molecule has 2 aliphatic rings. The van der Waals surface area contributed by atoms with Gasteiger partial charge in [-0.25, -0.2) is 0 Å². The molecule has 2 atom stereocenters. The average molecular weight is 378 g/mol. The van der Waals surface area contributed by atoms with Gasteiger partial charge < -0.3 is 16.4 Å². The largest absolute Gasteiger partial charge is 0.352 e. The van der Waals surface area contributed by atoms with Gasteiger partial charge in [-0.1, -0.05) is 24.9 Å². The monoisotopic (exact) mass is 377 g/mol. The highest BCUT2D eigenvalue weighted by atomic mass is 35.5. The van der Waals surface area contributed by atoms with Crippen LogP contribution in [0.25, 0.3) is 0 Å². The second kappa shape index (κ2) is 8.40. The predicted molar refractivity (Wildman–Crippen MR) is 104 cm³/mol. The average Bonchev–Trinajstić information content (AvgIpc) is 2.59. The number of fused-ring (bicyclic) bond motifs is 2. The molecule has 2 bridgehead atoms. The summed E-state index contributed by atoms with van der Waals surface area (Å²) in [5.74, 6) is 0.604. The number of halogens is 1. The van der Waals surface area contributed by atoms with Gasteiger partial charge in [0.2, 0.25) is 5.91 Å². The van der Waals surface area contributed by atoms with Crippen LogP contribution in [-0.4, -0.2) is 24.4 Å². The highest BCUT2D eigenvalue weighted by Crippen LogP contribution is 2.42. The molecule has 0 radical (unpaired) electrons. The van der Waals surface area contributed by atoms with Crippen molar-refractivity contribution >= 4 is 29.1 Å². The van der Waals surface area contributed by atoms with E-state index in [1.165, 1.54) is 6.42 Å². The van der Waals surface area contributed by atoms with Crippen molar-refractivity contribution in [2.45, 2.75) is 51.5 Å². The Morgan fingerprint density at radius 3 is 2.58 bits per heavy atom. The van der Waals surface area contributed by atoms with Gasteiger partial charge in [0.1, 0.15) is 0 Å². The Morgan fingerprint density at radius 2 is 1.92 bits per heavy atom. The summed E-state index contributed by atoms with van der Waals surface area (Å²) < 4.78 is 0. The summed E-state index contributed by atoms with van der Waals surface area (Å²) in [5, 5.41) is 6.30. The molecule has 4 N–H and O–H groups in total.